The zero-order valence-corrected chi connectivity index (χ0v) is 12.7. The summed E-state index contributed by atoms with van der Waals surface area (Å²) in [7, 11) is 0. The third-order valence-corrected chi connectivity index (χ3v) is 3.27. The van der Waals surface area contributed by atoms with Gasteiger partial charge in [0.25, 0.3) is 0 Å². The SMILES string of the molecule is CC(C)CC(C)(C)C(=O)NCc1ccc(F)c(CO)c1. The summed E-state index contributed by atoms with van der Waals surface area (Å²) >= 11 is 0. The van der Waals surface area contributed by atoms with Crippen molar-refractivity contribution >= 4 is 5.91 Å². The molecule has 0 spiro atoms. The summed E-state index contributed by atoms with van der Waals surface area (Å²) in [4.78, 5) is 12.2. The van der Waals surface area contributed by atoms with Crippen molar-refractivity contribution in [2.45, 2.75) is 47.3 Å². The first-order valence-corrected chi connectivity index (χ1v) is 6.92. The molecule has 1 aromatic carbocycles. The molecule has 1 amide bonds. The molecule has 1 aromatic rings. The van der Waals surface area contributed by atoms with Gasteiger partial charge < -0.3 is 10.4 Å². The van der Waals surface area contributed by atoms with E-state index in [-0.39, 0.29) is 18.1 Å². The first kappa shape index (κ1) is 16.6. The van der Waals surface area contributed by atoms with Crippen molar-refractivity contribution in [3.63, 3.8) is 0 Å². The molecule has 0 fully saturated rings. The van der Waals surface area contributed by atoms with Gasteiger partial charge in [0.1, 0.15) is 5.82 Å². The fourth-order valence-electron chi connectivity index (χ4n) is 2.39. The Hall–Kier alpha value is -1.42. The molecule has 0 aliphatic carbocycles. The summed E-state index contributed by atoms with van der Waals surface area (Å²) in [5, 5.41) is 11.9. The summed E-state index contributed by atoms with van der Waals surface area (Å²) in [5.41, 5.74) is 0.607. The van der Waals surface area contributed by atoms with Gasteiger partial charge in [0, 0.05) is 17.5 Å². The van der Waals surface area contributed by atoms with E-state index in [1.54, 1.807) is 12.1 Å². The first-order chi connectivity index (χ1) is 9.26. The number of nitrogens with one attached hydrogen (secondary N) is 1. The van der Waals surface area contributed by atoms with E-state index in [0.29, 0.717) is 12.5 Å². The Bertz CT molecular complexity index is 470. The van der Waals surface area contributed by atoms with Crippen LogP contribution in [0, 0.1) is 17.2 Å². The van der Waals surface area contributed by atoms with E-state index in [1.807, 2.05) is 13.8 Å². The molecule has 0 aliphatic rings. The van der Waals surface area contributed by atoms with Gasteiger partial charge in [0.05, 0.1) is 6.61 Å². The number of carbonyl (C=O) groups is 1. The van der Waals surface area contributed by atoms with Crippen LogP contribution in [0.4, 0.5) is 4.39 Å². The van der Waals surface area contributed by atoms with Crippen molar-refractivity contribution in [1.82, 2.24) is 5.32 Å². The maximum Gasteiger partial charge on any atom is 0.225 e. The maximum atomic E-state index is 13.3. The molecule has 3 nitrogen and oxygen atoms in total. The Morgan fingerprint density at radius 1 is 1.40 bits per heavy atom. The van der Waals surface area contributed by atoms with Gasteiger partial charge in [-0.3, -0.25) is 4.79 Å². The Labute approximate surface area is 120 Å². The van der Waals surface area contributed by atoms with Crippen LogP contribution in [0.15, 0.2) is 18.2 Å². The number of rotatable bonds is 6. The lowest BCUT2D eigenvalue weighted by Gasteiger charge is -2.25. The van der Waals surface area contributed by atoms with Crippen molar-refractivity contribution in [2.24, 2.45) is 11.3 Å². The number of halogens is 1. The van der Waals surface area contributed by atoms with Gasteiger partial charge in [-0.15, -0.1) is 0 Å². The molecule has 0 aliphatic heterocycles. The molecule has 0 saturated carbocycles. The van der Waals surface area contributed by atoms with E-state index in [0.717, 1.165) is 12.0 Å². The van der Waals surface area contributed by atoms with E-state index in [4.69, 9.17) is 5.11 Å². The number of hydrogen-bond donors (Lipinski definition) is 2. The topological polar surface area (TPSA) is 49.3 Å². The Morgan fingerprint density at radius 3 is 2.60 bits per heavy atom. The lowest BCUT2D eigenvalue weighted by molar-refractivity contribution is -0.130. The van der Waals surface area contributed by atoms with Crippen molar-refractivity contribution in [2.75, 3.05) is 0 Å². The summed E-state index contributed by atoms with van der Waals surface area (Å²) < 4.78 is 13.3. The third kappa shape index (κ3) is 4.60. The van der Waals surface area contributed by atoms with Gasteiger partial charge in [0.2, 0.25) is 5.91 Å². The molecule has 0 heterocycles. The first-order valence-electron chi connectivity index (χ1n) is 6.92. The quantitative estimate of drug-likeness (QED) is 0.842. The standard InChI is InChI=1S/C16H24FNO2/c1-11(2)8-16(3,4)15(20)18-9-12-5-6-14(17)13(7-12)10-19/h5-7,11,19H,8-10H2,1-4H3,(H,18,20). The van der Waals surface area contributed by atoms with Crippen molar-refractivity contribution in [3.8, 4) is 0 Å². The molecule has 1 rings (SSSR count). The Morgan fingerprint density at radius 2 is 2.05 bits per heavy atom. The van der Waals surface area contributed by atoms with Crippen LogP contribution in [-0.2, 0) is 17.9 Å². The number of hydrogen-bond acceptors (Lipinski definition) is 2. The lowest BCUT2D eigenvalue weighted by Crippen LogP contribution is -2.37. The van der Waals surface area contributed by atoms with Gasteiger partial charge in [0.15, 0.2) is 0 Å². The predicted octanol–water partition coefficient (Wildman–Crippen LogP) is 3.01. The molecule has 0 atom stereocenters. The van der Waals surface area contributed by atoms with E-state index in [9.17, 15) is 9.18 Å². The van der Waals surface area contributed by atoms with Crippen molar-refractivity contribution < 1.29 is 14.3 Å². The van der Waals surface area contributed by atoms with Crippen LogP contribution >= 0.6 is 0 Å². The van der Waals surface area contributed by atoms with Gasteiger partial charge in [-0.05, 0) is 30.0 Å². The highest BCUT2D eigenvalue weighted by molar-refractivity contribution is 5.81. The number of aliphatic hydroxyl groups is 1. The molecule has 112 valence electrons. The van der Waals surface area contributed by atoms with E-state index in [1.165, 1.54) is 6.07 Å². The second kappa shape index (κ2) is 6.84. The average molecular weight is 281 g/mol. The van der Waals surface area contributed by atoms with E-state index in [2.05, 4.69) is 19.2 Å². The Balaban J connectivity index is 2.65. The molecule has 0 saturated heterocycles. The monoisotopic (exact) mass is 281 g/mol. The van der Waals surface area contributed by atoms with Crippen LogP contribution in [0.2, 0.25) is 0 Å². The average Bonchev–Trinajstić information content (AvgIpc) is 2.35. The molecule has 0 aromatic heterocycles. The normalized spacial score (nSPS) is 11.8. The predicted molar refractivity (Wildman–Crippen MR) is 77.4 cm³/mol. The van der Waals surface area contributed by atoms with Gasteiger partial charge in [-0.1, -0.05) is 33.8 Å². The van der Waals surface area contributed by atoms with E-state index < -0.39 is 11.2 Å². The molecular formula is C16H24FNO2. The largest absolute Gasteiger partial charge is 0.392 e. The molecule has 0 radical (unpaired) electrons. The summed E-state index contributed by atoms with van der Waals surface area (Å²) in [6.45, 7) is 8.02. The molecule has 4 heteroatoms. The number of amides is 1. The minimum absolute atomic E-state index is 0.0129. The van der Waals surface area contributed by atoms with Crippen LogP contribution in [0.1, 0.15) is 45.2 Å². The van der Waals surface area contributed by atoms with Crippen molar-refractivity contribution in [3.05, 3.63) is 35.1 Å². The second-order valence-electron chi connectivity index (χ2n) is 6.25. The summed E-state index contributed by atoms with van der Waals surface area (Å²) in [6, 6.07) is 4.50. The third-order valence-electron chi connectivity index (χ3n) is 3.27. The molecule has 20 heavy (non-hydrogen) atoms. The smallest absolute Gasteiger partial charge is 0.225 e. The molecule has 0 bridgehead atoms. The zero-order valence-electron chi connectivity index (χ0n) is 12.7. The van der Waals surface area contributed by atoms with Crippen molar-refractivity contribution in [1.29, 1.82) is 0 Å². The maximum absolute atomic E-state index is 13.3. The Kier molecular flexibility index (Phi) is 5.69. The lowest BCUT2D eigenvalue weighted by atomic mass is 9.83. The molecule has 2 N–H and O–H groups in total. The fraction of sp³-hybridized carbons (Fsp3) is 0.562. The van der Waals surface area contributed by atoms with Crippen LogP contribution in [0.5, 0.6) is 0 Å². The number of aliphatic hydroxyl groups excluding tert-OH is 1. The number of carbonyl (C=O) groups excluding carboxylic acids is 1. The van der Waals surface area contributed by atoms with Gasteiger partial charge in [-0.2, -0.15) is 0 Å². The fourth-order valence-corrected chi connectivity index (χ4v) is 2.39. The van der Waals surface area contributed by atoms with Gasteiger partial charge in [-0.25, -0.2) is 4.39 Å². The number of benzene rings is 1. The zero-order chi connectivity index (χ0) is 15.3. The second-order valence-corrected chi connectivity index (χ2v) is 6.25. The summed E-state index contributed by atoms with van der Waals surface area (Å²) in [6.07, 6.45) is 0.810. The van der Waals surface area contributed by atoms with Crippen LogP contribution in [-0.4, -0.2) is 11.0 Å². The van der Waals surface area contributed by atoms with Crippen LogP contribution in [0.3, 0.4) is 0 Å². The van der Waals surface area contributed by atoms with Crippen LogP contribution < -0.4 is 5.32 Å². The highest BCUT2D eigenvalue weighted by Crippen LogP contribution is 2.25. The van der Waals surface area contributed by atoms with E-state index >= 15 is 0 Å². The minimum Gasteiger partial charge on any atom is -0.392 e. The highest BCUT2D eigenvalue weighted by atomic mass is 19.1. The van der Waals surface area contributed by atoms with Crippen LogP contribution in [0.25, 0.3) is 0 Å². The molecule has 0 unspecified atom stereocenters. The summed E-state index contributed by atoms with van der Waals surface area (Å²) in [5.74, 6) is 0.00588. The van der Waals surface area contributed by atoms with Gasteiger partial charge >= 0.3 is 0 Å². The minimum atomic E-state index is -0.428. The highest BCUT2D eigenvalue weighted by Gasteiger charge is 2.28. The molecular weight excluding hydrogens is 257 g/mol.